The fraction of sp³-hybridized carbons (Fsp3) is 0.261. The fourth-order valence-electron chi connectivity index (χ4n) is 2.72. The molecule has 9 nitrogen and oxygen atoms in total. The van der Waals surface area contributed by atoms with Gasteiger partial charge in [0.05, 0.1) is 11.3 Å². The van der Waals surface area contributed by atoms with Crippen LogP contribution in [0.25, 0.3) is 6.08 Å². The summed E-state index contributed by atoms with van der Waals surface area (Å²) in [4.78, 5) is 36.3. The van der Waals surface area contributed by atoms with E-state index < -0.39 is 35.1 Å². The predicted octanol–water partition coefficient (Wildman–Crippen LogP) is 1.96. The summed E-state index contributed by atoms with van der Waals surface area (Å²) in [5, 5.41) is 6.32. The summed E-state index contributed by atoms with van der Waals surface area (Å²) >= 11 is 0. The highest BCUT2D eigenvalue weighted by Crippen LogP contribution is 2.21. The topological polar surface area (TPSA) is 131 Å². The third-order valence-electron chi connectivity index (χ3n) is 4.66. The lowest BCUT2D eigenvalue weighted by Crippen LogP contribution is -2.31. The molecule has 3 rings (SSSR count). The summed E-state index contributed by atoms with van der Waals surface area (Å²) in [5.74, 6) is -1.87. The van der Waals surface area contributed by atoms with Crippen molar-refractivity contribution in [2.75, 3.05) is 18.5 Å². The van der Waals surface area contributed by atoms with Gasteiger partial charge in [-0.15, -0.1) is 0 Å². The number of carbonyl (C=O) groups excluding carboxylic acids is 3. The monoisotopic (exact) mass is 471 g/mol. The maximum absolute atomic E-state index is 12.3. The minimum atomic E-state index is -3.87. The van der Waals surface area contributed by atoms with Crippen LogP contribution in [0.1, 0.15) is 34.3 Å². The third-order valence-corrected chi connectivity index (χ3v) is 5.70. The molecule has 3 N–H and O–H groups in total. The fourth-order valence-corrected chi connectivity index (χ4v) is 3.47. The quantitative estimate of drug-likeness (QED) is 0.454. The van der Waals surface area contributed by atoms with Gasteiger partial charge in [0.1, 0.15) is 6.54 Å². The number of ether oxygens (including phenoxy) is 1. The van der Waals surface area contributed by atoms with Crippen LogP contribution in [0.15, 0.2) is 53.9 Å². The van der Waals surface area contributed by atoms with E-state index in [1.54, 1.807) is 36.4 Å². The highest BCUT2D eigenvalue weighted by Gasteiger charge is 2.25. The summed E-state index contributed by atoms with van der Waals surface area (Å²) in [5.41, 5.74) is 2.33. The second-order valence-electron chi connectivity index (χ2n) is 7.58. The average Bonchev–Trinajstić information content (AvgIpc) is 3.60. The molecule has 0 radical (unpaired) electrons. The van der Waals surface area contributed by atoms with Crippen LogP contribution in [0.5, 0.6) is 0 Å². The Hall–Kier alpha value is -3.50. The first-order chi connectivity index (χ1) is 15.7. The zero-order valence-corrected chi connectivity index (χ0v) is 18.9. The zero-order chi connectivity index (χ0) is 23.8. The van der Waals surface area contributed by atoms with Crippen LogP contribution in [0.4, 0.5) is 5.69 Å². The van der Waals surface area contributed by atoms with Gasteiger partial charge >= 0.3 is 5.97 Å². The largest absolute Gasteiger partial charge is 0.455 e. The van der Waals surface area contributed by atoms with E-state index in [2.05, 4.69) is 15.4 Å². The van der Waals surface area contributed by atoms with E-state index in [1.165, 1.54) is 6.08 Å². The second-order valence-corrected chi connectivity index (χ2v) is 9.23. The van der Waals surface area contributed by atoms with Crippen LogP contribution < -0.4 is 15.4 Å². The molecule has 10 heteroatoms. The summed E-state index contributed by atoms with van der Waals surface area (Å²) in [6.45, 7) is 0.662. The number of hydrogen-bond acceptors (Lipinski definition) is 6. The number of anilines is 1. The Balaban J connectivity index is 1.44. The number of carbonyl (C=O) groups is 3. The van der Waals surface area contributed by atoms with E-state index in [-0.39, 0.29) is 11.9 Å². The summed E-state index contributed by atoms with van der Waals surface area (Å²) in [6, 6.07) is 13.9. The van der Waals surface area contributed by atoms with Crippen molar-refractivity contribution >= 4 is 39.6 Å². The molecule has 1 aliphatic carbocycles. The molecule has 0 bridgehead atoms. The number of rotatable bonds is 10. The molecule has 0 atom stereocenters. The molecule has 1 saturated carbocycles. The molecular formula is C23H25N3O6S. The highest BCUT2D eigenvalue weighted by atomic mass is 32.2. The molecule has 1 fully saturated rings. The van der Waals surface area contributed by atoms with Crippen LogP contribution in [0.3, 0.4) is 0 Å². The second kappa shape index (κ2) is 10.9. The van der Waals surface area contributed by atoms with E-state index >= 15 is 0 Å². The molecular weight excluding hydrogens is 446 g/mol. The van der Waals surface area contributed by atoms with Crippen molar-refractivity contribution < 1.29 is 27.5 Å². The smallest absolute Gasteiger partial charge is 0.321 e. The summed E-state index contributed by atoms with van der Waals surface area (Å²) in [6.07, 6.45) is 3.26. The van der Waals surface area contributed by atoms with Gasteiger partial charge in [0.25, 0.3) is 11.8 Å². The number of hydrogen-bond donors (Lipinski definition) is 3. The molecule has 0 spiro atoms. The Morgan fingerprint density at radius 2 is 1.76 bits per heavy atom. The molecule has 174 valence electrons. The maximum atomic E-state index is 12.3. The number of benzene rings is 2. The molecule has 2 amide bonds. The van der Waals surface area contributed by atoms with Gasteiger partial charge in [-0.05, 0) is 43.5 Å². The van der Waals surface area contributed by atoms with Crippen molar-refractivity contribution in [2.24, 2.45) is 0 Å². The summed E-state index contributed by atoms with van der Waals surface area (Å²) < 4.78 is 30.9. The number of aryl methyl sites for hydroxylation is 1. The average molecular weight is 472 g/mol. The van der Waals surface area contributed by atoms with Crippen LogP contribution in [-0.4, -0.2) is 45.4 Å². The maximum Gasteiger partial charge on any atom is 0.321 e. The van der Waals surface area contributed by atoms with E-state index in [4.69, 9.17) is 4.74 Å². The highest BCUT2D eigenvalue weighted by molar-refractivity contribution is 7.92. The minimum absolute atomic E-state index is 0.165. The van der Waals surface area contributed by atoms with Gasteiger partial charge in [-0.1, -0.05) is 42.0 Å². The Bertz CT molecular complexity index is 1150. The summed E-state index contributed by atoms with van der Waals surface area (Å²) in [7, 11) is -3.87. The van der Waals surface area contributed by atoms with Gasteiger partial charge < -0.3 is 15.4 Å². The molecule has 2 aromatic rings. The predicted molar refractivity (Wildman–Crippen MR) is 124 cm³/mol. The van der Waals surface area contributed by atoms with Crippen molar-refractivity contribution in [3.05, 3.63) is 70.6 Å². The van der Waals surface area contributed by atoms with Gasteiger partial charge in [0, 0.05) is 11.4 Å². The Kier molecular flexibility index (Phi) is 7.96. The molecule has 0 unspecified atom stereocenters. The molecule has 33 heavy (non-hydrogen) atoms. The van der Waals surface area contributed by atoms with E-state index in [9.17, 15) is 22.8 Å². The van der Waals surface area contributed by atoms with Gasteiger partial charge in [-0.3, -0.25) is 14.4 Å². The first-order valence-electron chi connectivity index (χ1n) is 10.3. The van der Waals surface area contributed by atoms with Crippen molar-refractivity contribution in [3.63, 3.8) is 0 Å². The van der Waals surface area contributed by atoms with Crippen LogP contribution in [0, 0.1) is 6.92 Å². The molecule has 0 saturated heterocycles. The SMILES string of the molecule is Cc1ccc(C=CS(=O)(=O)NCC(=O)OCC(=O)Nc2ccccc2C(=O)NC2CC2)cc1. The van der Waals surface area contributed by atoms with Gasteiger partial charge in [-0.25, -0.2) is 13.1 Å². The van der Waals surface area contributed by atoms with Crippen molar-refractivity contribution in [1.82, 2.24) is 10.0 Å². The van der Waals surface area contributed by atoms with E-state index in [0.29, 0.717) is 16.8 Å². The van der Waals surface area contributed by atoms with Gasteiger partial charge in [0.2, 0.25) is 10.0 Å². The number of esters is 1. The van der Waals surface area contributed by atoms with E-state index in [0.717, 1.165) is 23.8 Å². The molecule has 2 aromatic carbocycles. The van der Waals surface area contributed by atoms with Gasteiger partial charge in [-0.2, -0.15) is 0 Å². The first-order valence-corrected chi connectivity index (χ1v) is 11.9. The van der Waals surface area contributed by atoms with Crippen molar-refractivity contribution in [3.8, 4) is 0 Å². The number of para-hydroxylation sites is 1. The first kappa shape index (κ1) is 24.1. The van der Waals surface area contributed by atoms with Crippen molar-refractivity contribution in [1.29, 1.82) is 0 Å². The normalized spacial score (nSPS) is 13.5. The lowest BCUT2D eigenvalue weighted by Gasteiger charge is -2.11. The molecule has 0 aromatic heterocycles. The Labute approximate surface area is 192 Å². The molecule has 0 heterocycles. The number of amides is 2. The van der Waals surface area contributed by atoms with Crippen molar-refractivity contribution in [2.45, 2.75) is 25.8 Å². The molecule has 0 aliphatic heterocycles. The zero-order valence-electron chi connectivity index (χ0n) is 18.0. The van der Waals surface area contributed by atoms with Gasteiger partial charge in [0.15, 0.2) is 6.61 Å². The lowest BCUT2D eigenvalue weighted by atomic mass is 10.1. The van der Waals surface area contributed by atoms with Crippen LogP contribution >= 0.6 is 0 Å². The van der Waals surface area contributed by atoms with Crippen LogP contribution in [0.2, 0.25) is 0 Å². The third kappa shape index (κ3) is 8.17. The standard InChI is InChI=1S/C23H25N3O6S/c1-16-6-8-17(9-7-16)12-13-33(30,31)24-14-22(28)32-15-21(27)26-20-5-3-2-4-19(20)23(29)25-18-10-11-18/h2-9,12-13,18,24H,10-11,14-15H2,1H3,(H,25,29)(H,26,27). The lowest BCUT2D eigenvalue weighted by molar-refractivity contribution is -0.146. The number of sulfonamides is 1. The Morgan fingerprint density at radius 1 is 1.06 bits per heavy atom. The minimum Gasteiger partial charge on any atom is -0.455 e. The molecule has 1 aliphatic rings. The Morgan fingerprint density at radius 3 is 2.45 bits per heavy atom. The number of nitrogens with one attached hydrogen (secondary N) is 3. The van der Waals surface area contributed by atoms with Crippen LogP contribution in [-0.2, 0) is 24.3 Å². The van der Waals surface area contributed by atoms with E-state index in [1.807, 2.05) is 19.1 Å².